The highest BCUT2D eigenvalue weighted by Gasteiger charge is 2.19. The summed E-state index contributed by atoms with van der Waals surface area (Å²) in [5, 5.41) is 3.30. The number of hydrogen-bond acceptors (Lipinski definition) is 6. The number of ether oxygens (including phenoxy) is 4. The van der Waals surface area contributed by atoms with Crippen molar-refractivity contribution in [2.75, 3.05) is 26.4 Å². The molecule has 0 spiro atoms. The van der Waals surface area contributed by atoms with Crippen molar-refractivity contribution in [2.24, 2.45) is 0 Å². The van der Waals surface area contributed by atoms with Gasteiger partial charge in [-0.2, -0.15) is 0 Å². The van der Waals surface area contributed by atoms with Gasteiger partial charge < -0.3 is 18.9 Å². The number of unbranched alkanes of at least 4 members (excludes halogenated alkanes) is 10. The topological polar surface area (TPSA) is 71.1 Å². The van der Waals surface area contributed by atoms with Crippen LogP contribution >= 0.6 is 0 Å². The molecule has 0 atom stereocenters. The Labute approximate surface area is 245 Å². The van der Waals surface area contributed by atoms with E-state index in [-0.39, 0.29) is 25.2 Å². The van der Waals surface area contributed by atoms with Crippen molar-refractivity contribution in [3.8, 4) is 11.5 Å². The first kappa shape index (κ1) is 32.2. The quantitative estimate of drug-likeness (QED) is 0.0775. The summed E-state index contributed by atoms with van der Waals surface area (Å²) in [5.74, 6) is 0.465. The fourth-order valence-electron chi connectivity index (χ4n) is 5.10. The molecule has 6 heteroatoms. The first-order valence-corrected chi connectivity index (χ1v) is 15.6. The SMILES string of the molecule is CCCCCCCCOC(=O)COc1c2ccccc2c(OCC(=O)OCCCCCCCC)c2c(C)cccc12. The second-order valence-corrected chi connectivity index (χ2v) is 10.8. The van der Waals surface area contributed by atoms with E-state index < -0.39 is 0 Å². The average Bonchev–Trinajstić information content (AvgIpc) is 2.98. The number of rotatable bonds is 20. The van der Waals surface area contributed by atoms with Gasteiger partial charge in [0.2, 0.25) is 0 Å². The van der Waals surface area contributed by atoms with Gasteiger partial charge in [-0.15, -0.1) is 0 Å². The molecule has 0 heterocycles. The van der Waals surface area contributed by atoms with Crippen LogP contribution in [0.1, 0.15) is 96.5 Å². The summed E-state index contributed by atoms with van der Waals surface area (Å²) in [6, 6.07) is 13.6. The lowest BCUT2D eigenvalue weighted by atomic mass is 9.97. The number of carbonyl (C=O) groups is 2. The Kier molecular flexibility index (Phi) is 14.3. The number of hydrogen-bond donors (Lipinski definition) is 0. The molecule has 0 aromatic heterocycles. The summed E-state index contributed by atoms with van der Waals surface area (Å²) in [7, 11) is 0. The molecule has 0 aliphatic heterocycles. The van der Waals surface area contributed by atoms with E-state index in [1.54, 1.807) is 0 Å². The Bertz CT molecular complexity index is 1230. The van der Waals surface area contributed by atoms with Gasteiger partial charge >= 0.3 is 11.9 Å². The standard InChI is InChI=1S/C35H48O6/c1-4-6-8-10-12-16-23-38-31(36)25-40-34-28-20-14-15-21-29(28)35(33-27(3)19-18-22-30(33)34)41-26-32(37)39-24-17-13-11-9-7-5-2/h14-15,18-22H,4-13,16-17,23-26H2,1-3H3. The molecule has 0 amide bonds. The normalized spacial score (nSPS) is 11.1. The highest BCUT2D eigenvalue weighted by atomic mass is 16.6. The van der Waals surface area contributed by atoms with Gasteiger partial charge in [-0.1, -0.05) is 121 Å². The van der Waals surface area contributed by atoms with Gasteiger partial charge in [-0.3, -0.25) is 0 Å². The third kappa shape index (κ3) is 10.2. The molecular formula is C35H48O6. The maximum Gasteiger partial charge on any atom is 0.344 e. The molecule has 41 heavy (non-hydrogen) atoms. The van der Waals surface area contributed by atoms with Crippen LogP contribution in [0.5, 0.6) is 11.5 Å². The average molecular weight is 565 g/mol. The number of esters is 2. The third-order valence-electron chi connectivity index (χ3n) is 7.35. The predicted octanol–water partition coefficient (Wildman–Crippen LogP) is 8.87. The second-order valence-electron chi connectivity index (χ2n) is 10.8. The molecular weight excluding hydrogens is 516 g/mol. The summed E-state index contributed by atoms with van der Waals surface area (Å²) in [5.41, 5.74) is 0.985. The van der Waals surface area contributed by atoms with Crippen molar-refractivity contribution in [1.29, 1.82) is 0 Å². The van der Waals surface area contributed by atoms with Crippen molar-refractivity contribution in [3.63, 3.8) is 0 Å². The first-order chi connectivity index (χ1) is 20.1. The van der Waals surface area contributed by atoms with E-state index in [0.717, 1.165) is 52.8 Å². The van der Waals surface area contributed by atoms with Crippen molar-refractivity contribution in [1.82, 2.24) is 0 Å². The van der Waals surface area contributed by atoms with E-state index in [4.69, 9.17) is 18.9 Å². The Hall–Kier alpha value is -3.28. The van der Waals surface area contributed by atoms with Gasteiger partial charge in [0.15, 0.2) is 13.2 Å². The smallest absolute Gasteiger partial charge is 0.344 e. The molecule has 6 nitrogen and oxygen atoms in total. The number of aryl methyl sites for hydroxylation is 1. The van der Waals surface area contributed by atoms with E-state index in [0.29, 0.717) is 24.7 Å². The zero-order valence-electron chi connectivity index (χ0n) is 25.3. The molecule has 224 valence electrons. The zero-order valence-corrected chi connectivity index (χ0v) is 25.3. The molecule has 0 aliphatic rings. The van der Waals surface area contributed by atoms with E-state index in [1.165, 1.54) is 51.4 Å². The van der Waals surface area contributed by atoms with E-state index >= 15 is 0 Å². The Morgan fingerprint density at radius 2 is 1.02 bits per heavy atom. The van der Waals surface area contributed by atoms with Gasteiger partial charge in [0.1, 0.15) is 11.5 Å². The maximum atomic E-state index is 12.5. The van der Waals surface area contributed by atoms with Gasteiger partial charge in [0, 0.05) is 21.5 Å². The molecule has 0 saturated carbocycles. The van der Waals surface area contributed by atoms with Crippen LogP contribution in [0.25, 0.3) is 21.5 Å². The summed E-state index contributed by atoms with van der Waals surface area (Å²) in [6.45, 7) is 6.88. The fourth-order valence-corrected chi connectivity index (χ4v) is 5.10. The van der Waals surface area contributed by atoms with Crippen molar-refractivity contribution in [3.05, 3.63) is 48.0 Å². The minimum absolute atomic E-state index is 0.172. The van der Waals surface area contributed by atoms with Crippen LogP contribution in [0, 0.1) is 6.92 Å². The predicted molar refractivity (Wildman–Crippen MR) is 166 cm³/mol. The highest BCUT2D eigenvalue weighted by molar-refractivity contribution is 6.12. The molecule has 0 aliphatic carbocycles. The van der Waals surface area contributed by atoms with Gasteiger partial charge in [-0.05, 0) is 25.3 Å². The minimum Gasteiger partial charge on any atom is -0.481 e. The highest BCUT2D eigenvalue weighted by Crippen LogP contribution is 2.44. The summed E-state index contributed by atoms with van der Waals surface area (Å²) in [4.78, 5) is 25.0. The third-order valence-corrected chi connectivity index (χ3v) is 7.35. The minimum atomic E-state index is -0.378. The molecule has 3 aromatic carbocycles. The van der Waals surface area contributed by atoms with Crippen LogP contribution in [-0.4, -0.2) is 38.4 Å². The largest absolute Gasteiger partial charge is 0.481 e. The van der Waals surface area contributed by atoms with Crippen LogP contribution in [0.3, 0.4) is 0 Å². The van der Waals surface area contributed by atoms with Gasteiger partial charge in [0.25, 0.3) is 0 Å². The Morgan fingerprint density at radius 1 is 0.561 bits per heavy atom. The lowest BCUT2D eigenvalue weighted by Crippen LogP contribution is -2.17. The molecule has 0 unspecified atom stereocenters. The maximum absolute atomic E-state index is 12.5. The fraction of sp³-hybridized carbons (Fsp3) is 0.543. The lowest BCUT2D eigenvalue weighted by molar-refractivity contribution is -0.147. The number of fused-ring (bicyclic) bond motifs is 2. The summed E-state index contributed by atoms with van der Waals surface area (Å²) >= 11 is 0. The zero-order chi connectivity index (χ0) is 29.3. The summed E-state index contributed by atoms with van der Waals surface area (Å²) in [6.07, 6.45) is 13.6. The van der Waals surface area contributed by atoms with Crippen LogP contribution in [0.4, 0.5) is 0 Å². The molecule has 0 fully saturated rings. The van der Waals surface area contributed by atoms with E-state index in [2.05, 4.69) is 13.8 Å². The molecule has 0 bridgehead atoms. The van der Waals surface area contributed by atoms with Crippen molar-refractivity contribution in [2.45, 2.75) is 97.8 Å². The van der Waals surface area contributed by atoms with E-state index in [1.807, 2.05) is 49.4 Å². The van der Waals surface area contributed by atoms with Gasteiger partial charge in [-0.25, -0.2) is 9.59 Å². The van der Waals surface area contributed by atoms with Crippen molar-refractivity contribution < 1.29 is 28.5 Å². The van der Waals surface area contributed by atoms with Crippen LogP contribution < -0.4 is 9.47 Å². The number of benzene rings is 3. The molecule has 0 radical (unpaired) electrons. The monoisotopic (exact) mass is 564 g/mol. The van der Waals surface area contributed by atoms with Crippen LogP contribution in [0.2, 0.25) is 0 Å². The van der Waals surface area contributed by atoms with Crippen LogP contribution in [-0.2, 0) is 19.1 Å². The Balaban J connectivity index is 1.66. The Morgan fingerprint density at radius 3 is 1.59 bits per heavy atom. The molecule has 3 rings (SSSR count). The second kappa shape index (κ2) is 18.2. The summed E-state index contributed by atoms with van der Waals surface area (Å²) < 4.78 is 23.1. The molecule has 0 N–H and O–H groups in total. The molecule has 3 aromatic rings. The molecule has 0 saturated heterocycles. The van der Waals surface area contributed by atoms with Crippen molar-refractivity contribution >= 4 is 33.5 Å². The lowest BCUT2D eigenvalue weighted by Gasteiger charge is -2.18. The first-order valence-electron chi connectivity index (χ1n) is 15.6. The van der Waals surface area contributed by atoms with Gasteiger partial charge in [0.05, 0.1) is 13.2 Å². The number of carbonyl (C=O) groups excluding carboxylic acids is 2. The van der Waals surface area contributed by atoms with Crippen LogP contribution in [0.15, 0.2) is 42.5 Å². The van der Waals surface area contributed by atoms with E-state index in [9.17, 15) is 9.59 Å².